The number of rotatable bonds is 4. The van der Waals surface area contributed by atoms with E-state index in [-0.39, 0.29) is 18.0 Å². The first kappa shape index (κ1) is 17.1. The smallest absolute Gasteiger partial charge is 0.273 e. The summed E-state index contributed by atoms with van der Waals surface area (Å²) in [6.07, 6.45) is 2.73. The summed E-state index contributed by atoms with van der Waals surface area (Å²) < 4.78 is 0. The highest BCUT2D eigenvalue weighted by molar-refractivity contribution is 7.16. The number of hydrogen-bond acceptors (Lipinski definition) is 5. The Balaban J connectivity index is 1.81. The summed E-state index contributed by atoms with van der Waals surface area (Å²) in [6.45, 7) is 2.18. The Morgan fingerprint density at radius 1 is 1.48 bits per heavy atom. The van der Waals surface area contributed by atoms with E-state index in [2.05, 4.69) is 18.3 Å². The first-order chi connectivity index (χ1) is 12.0. The summed E-state index contributed by atoms with van der Waals surface area (Å²) in [7, 11) is 0. The van der Waals surface area contributed by atoms with Gasteiger partial charge in [-0.1, -0.05) is 25.1 Å². The second-order valence-electron chi connectivity index (χ2n) is 6.28. The fraction of sp³-hybridized carbons (Fsp3) is 0.333. The zero-order chi connectivity index (χ0) is 18.0. The van der Waals surface area contributed by atoms with Gasteiger partial charge in [-0.25, -0.2) is 0 Å². The summed E-state index contributed by atoms with van der Waals surface area (Å²) in [5, 5.41) is 23.9. The van der Waals surface area contributed by atoms with Crippen LogP contribution in [0.2, 0.25) is 0 Å². The molecule has 0 bridgehead atoms. The minimum absolute atomic E-state index is 0.0718. The minimum atomic E-state index is -0.492. The van der Waals surface area contributed by atoms with Gasteiger partial charge in [-0.15, -0.1) is 11.3 Å². The van der Waals surface area contributed by atoms with Crippen LogP contribution in [0.3, 0.4) is 0 Å². The number of nitrogens with zero attached hydrogens (tertiary/aromatic N) is 2. The van der Waals surface area contributed by atoms with Crippen molar-refractivity contribution in [3.05, 3.63) is 55.9 Å². The van der Waals surface area contributed by atoms with Crippen LogP contribution in [0.4, 0.5) is 10.7 Å². The molecule has 0 saturated heterocycles. The first-order valence-corrected chi connectivity index (χ1v) is 8.88. The third-order valence-electron chi connectivity index (χ3n) is 4.42. The highest BCUT2D eigenvalue weighted by Gasteiger charge is 2.25. The third kappa shape index (κ3) is 3.54. The van der Waals surface area contributed by atoms with E-state index in [9.17, 15) is 20.2 Å². The average Bonchev–Trinajstić information content (AvgIpc) is 2.90. The summed E-state index contributed by atoms with van der Waals surface area (Å²) in [6, 6.07) is 8.40. The maximum absolute atomic E-state index is 12.4. The maximum Gasteiger partial charge on any atom is 0.273 e. The van der Waals surface area contributed by atoms with Crippen LogP contribution in [0.5, 0.6) is 0 Å². The molecule has 0 aliphatic heterocycles. The number of nitriles is 1. The van der Waals surface area contributed by atoms with E-state index in [1.165, 1.54) is 17.4 Å². The highest BCUT2D eigenvalue weighted by atomic mass is 32.1. The number of carbonyl (C=O) groups is 1. The molecule has 25 heavy (non-hydrogen) atoms. The van der Waals surface area contributed by atoms with Crippen LogP contribution in [-0.4, -0.2) is 10.8 Å². The molecule has 1 aliphatic rings. The fourth-order valence-corrected chi connectivity index (χ4v) is 4.52. The molecular formula is C18H17N3O3S. The molecule has 0 radical (unpaired) electrons. The summed E-state index contributed by atoms with van der Waals surface area (Å²) in [5.74, 6) is 0.227. The Labute approximate surface area is 149 Å². The van der Waals surface area contributed by atoms with Crippen LogP contribution in [0.1, 0.15) is 34.9 Å². The molecule has 1 aliphatic carbocycles. The van der Waals surface area contributed by atoms with Crippen LogP contribution < -0.4 is 5.32 Å². The molecule has 1 unspecified atom stereocenters. The van der Waals surface area contributed by atoms with Gasteiger partial charge in [-0.2, -0.15) is 5.26 Å². The van der Waals surface area contributed by atoms with Gasteiger partial charge in [0.15, 0.2) is 0 Å². The highest BCUT2D eigenvalue weighted by Crippen LogP contribution is 2.39. The summed E-state index contributed by atoms with van der Waals surface area (Å²) >= 11 is 1.45. The molecule has 128 valence electrons. The lowest BCUT2D eigenvalue weighted by atomic mass is 9.88. The molecule has 0 spiro atoms. The van der Waals surface area contributed by atoms with Crippen molar-refractivity contribution in [3.8, 4) is 6.07 Å². The van der Waals surface area contributed by atoms with Crippen LogP contribution in [0.15, 0.2) is 24.3 Å². The first-order valence-electron chi connectivity index (χ1n) is 8.06. The molecule has 0 saturated carbocycles. The second kappa shape index (κ2) is 7.03. The fourth-order valence-electron chi connectivity index (χ4n) is 3.14. The van der Waals surface area contributed by atoms with Gasteiger partial charge in [0.25, 0.3) is 5.69 Å². The number of nitro groups is 1. The molecule has 3 rings (SSSR count). The van der Waals surface area contributed by atoms with Crippen molar-refractivity contribution in [1.82, 2.24) is 0 Å². The van der Waals surface area contributed by atoms with Crippen LogP contribution in [0, 0.1) is 27.4 Å². The number of hydrogen-bond donors (Lipinski definition) is 1. The van der Waals surface area contributed by atoms with Gasteiger partial charge >= 0.3 is 0 Å². The van der Waals surface area contributed by atoms with E-state index < -0.39 is 4.92 Å². The predicted octanol–water partition coefficient (Wildman–Crippen LogP) is 3.83. The van der Waals surface area contributed by atoms with Gasteiger partial charge in [0, 0.05) is 16.5 Å². The molecule has 1 aromatic heterocycles. The van der Waals surface area contributed by atoms with Gasteiger partial charge in [0.1, 0.15) is 11.1 Å². The van der Waals surface area contributed by atoms with E-state index in [0.717, 1.165) is 29.7 Å². The number of amides is 1. The molecule has 0 fully saturated rings. The Kier molecular flexibility index (Phi) is 4.81. The number of benzene rings is 1. The lowest BCUT2D eigenvalue weighted by Gasteiger charge is -2.17. The molecule has 2 aromatic rings. The zero-order valence-electron chi connectivity index (χ0n) is 13.7. The van der Waals surface area contributed by atoms with Gasteiger partial charge in [0.2, 0.25) is 5.91 Å². The standard InChI is InChI=1S/C18H17N3O3S/c1-11-6-7-13-14(10-19)18(25-16(13)8-11)20-17(22)9-12-4-2-3-5-15(12)21(23)24/h2-5,11H,6-9H2,1H3,(H,20,22). The van der Waals surface area contributed by atoms with Crippen molar-refractivity contribution in [2.75, 3.05) is 5.32 Å². The average molecular weight is 355 g/mol. The third-order valence-corrected chi connectivity index (χ3v) is 5.59. The quantitative estimate of drug-likeness (QED) is 0.666. The Morgan fingerprint density at radius 2 is 2.24 bits per heavy atom. The summed E-state index contributed by atoms with van der Waals surface area (Å²) in [4.78, 5) is 24.1. The lowest BCUT2D eigenvalue weighted by molar-refractivity contribution is -0.385. The lowest BCUT2D eigenvalue weighted by Crippen LogP contribution is -2.15. The van der Waals surface area contributed by atoms with Crippen molar-refractivity contribution in [3.63, 3.8) is 0 Å². The van der Waals surface area contributed by atoms with Crippen LogP contribution >= 0.6 is 11.3 Å². The minimum Gasteiger partial charge on any atom is -0.316 e. The topological polar surface area (TPSA) is 96.0 Å². The number of carbonyl (C=O) groups excluding carboxylic acids is 1. The second-order valence-corrected chi connectivity index (χ2v) is 7.38. The Hall–Kier alpha value is -2.72. The maximum atomic E-state index is 12.4. The van der Waals surface area contributed by atoms with Gasteiger partial charge in [-0.3, -0.25) is 14.9 Å². The SMILES string of the molecule is CC1CCc2c(sc(NC(=O)Cc3ccccc3[N+](=O)[O-])c2C#N)C1. The van der Waals surface area contributed by atoms with Gasteiger partial charge in [0.05, 0.1) is 16.9 Å². The molecule has 1 heterocycles. The predicted molar refractivity (Wildman–Crippen MR) is 95.7 cm³/mol. The molecule has 6 nitrogen and oxygen atoms in total. The molecule has 1 atom stereocenters. The van der Waals surface area contributed by atoms with Gasteiger partial charge in [-0.05, 0) is 30.7 Å². The Bertz CT molecular complexity index is 882. The number of thiophene rings is 1. The molecular weight excluding hydrogens is 338 g/mol. The number of nitro benzene ring substituents is 1. The van der Waals surface area contributed by atoms with Crippen molar-refractivity contribution < 1.29 is 9.72 Å². The van der Waals surface area contributed by atoms with Crippen molar-refractivity contribution >= 4 is 27.9 Å². The van der Waals surface area contributed by atoms with E-state index in [4.69, 9.17) is 0 Å². The number of nitrogens with one attached hydrogen (secondary N) is 1. The van der Waals surface area contributed by atoms with E-state index in [1.54, 1.807) is 18.2 Å². The number of fused-ring (bicyclic) bond motifs is 1. The zero-order valence-corrected chi connectivity index (χ0v) is 14.6. The molecule has 1 amide bonds. The van der Waals surface area contributed by atoms with Crippen molar-refractivity contribution in [2.45, 2.75) is 32.6 Å². The van der Waals surface area contributed by atoms with E-state index in [0.29, 0.717) is 22.0 Å². The largest absolute Gasteiger partial charge is 0.316 e. The van der Waals surface area contributed by atoms with Gasteiger partial charge < -0.3 is 5.32 Å². The monoisotopic (exact) mass is 355 g/mol. The number of para-hydroxylation sites is 1. The van der Waals surface area contributed by atoms with Crippen LogP contribution in [0.25, 0.3) is 0 Å². The number of anilines is 1. The molecule has 1 aromatic carbocycles. The van der Waals surface area contributed by atoms with Crippen LogP contribution in [-0.2, 0) is 24.1 Å². The molecule has 1 N–H and O–H groups in total. The normalized spacial score (nSPS) is 15.9. The van der Waals surface area contributed by atoms with E-state index in [1.807, 2.05) is 0 Å². The molecule has 7 heteroatoms. The van der Waals surface area contributed by atoms with Crippen molar-refractivity contribution in [1.29, 1.82) is 5.26 Å². The van der Waals surface area contributed by atoms with Crippen molar-refractivity contribution in [2.24, 2.45) is 5.92 Å². The Morgan fingerprint density at radius 3 is 2.96 bits per heavy atom. The summed E-state index contributed by atoms with van der Waals surface area (Å²) in [5.41, 5.74) is 1.88. The van der Waals surface area contributed by atoms with E-state index >= 15 is 0 Å².